The van der Waals surface area contributed by atoms with Crippen molar-refractivity contribution < 1.29 is 0 Å². The average molecular weight is 179 g/mol. The highest BCUT2D eigenvalue weighted by atomic mass is 14.3. The molecule has 74 valence electrons. The van der Waals surface area contributed by atoms with E-state index in [2.05, 4.69) is 13.0 Å². The Morgan fingerprint density at radius 2 is 1.85 bits per heavy atom. The van der Waals surface area contributed by atoms with Gasteiger partial charge in [0, 0.05) is 5.92 Å². The van der Waals surface area contributed by atoms with Gasteiger partial charge in [0.15, 0.2) is 0 Å². The van der Waals surface area contributed by atoms with E-state index < -0.39 is 0 Å². The van der Waals surface area contributed by atoms with Crippen molar-refractivity contribution in [2.45, 2.75) is 58.3 Å². The molecule has 0 N–H and O–H groups in total. The first-order valence-electron chi connectivity index (χ1n) is 5.76. The maximum Gasteiger partial charge on any atom is 0.0655 e. The quantitative estimate of drug-likeness (QED) is 0.600. The molecule has 0 saturated heterocycles. The Morgan fingerprint density at radius 1 is 1.15 bits per heavy atom. The third kappa shape index (κ3) is 3.81. The molecule has 0 radical (unpaired) electrons. The number of nitrogens with zero attached hydrogens (tertiary/aromatic N) is 1. The van der Waals surface area contributed by atoms with Crippen LogP contribution in [0.25, 0.3) is 0 Å². The molecular formula is C12H21N. The summed E-state index contributed by atoms with van der Waals surface area (Å²) in [7, 11) is 0. The standard InChI is InChI=1S/C12H21N/c1-2-3-4-5-11-6-8-12(10-13)9-7-11/h11-12H,2-9H2,1H3/t11-,12-. The predicted octanol–water partition coefficient (Wildman–Crippen LogP) is 3.90. The second-order valence-electron chi connectivity index (χ2n) is 4.34. The molecule has 1 heteroatoms. The summed E-state index contributed by atoms with van der Waals surface area (Å²) in [5, 5.41) is 8.74. The van der Waals surface area contributed by atoms with Crippen molar-refractivity contribution in [2.24, 2.45) is 11.8 Å². The molecule has 1 rings (SSSR count). The van der Waals surface area contributed by atoms with Crippen LogP contribution in [0.15, 0.2) is 0 Å². The SMILES string of the molecule is CCCCC[C@H]1CC[C@H](C#N)CC1. The summed E-state index contributed by atoms with van der Waals surface area (Å²) in [4.78, 5) is 0. The number of hydrogen-bond donors (Lipinski definition) is 0. The fraction of sp³-hybridized carbons (Fsp3) is 0.917. The van der Waals surface area contributed by atoms with Crippen LogP contribution in [-0.4, -0.2) is 0 Å². The molecule has 1 aliphatic rings. The van der Waals surface area contributed by atoms with Crippen LogP contribution >= 0.6 is 0 Å². The van der Waals surface area contributed by atoms with Gasteiger partial charge in [-0.05, 0) is 31.6 Å². The van der Waals surface area contributed by atoms with E-state index in [-0.39, 0.29) is 0 Å². The molecule has 0 spiro atoms. The van der Waals surface area contributed by atoms with Gasteiger partial charge in [-0.15, -0.1) is 0 Å². The Balaban J connectivity index is 2.08. The van der Waals surface area contributed by atoms with Gasteiger partial charge in [0.1, 0.15) is 0 Å². The maximum atomic E-state index is 8.74. The van der Waals surface area contributed by atoms with Gasteiger partial charge in [0.25, 0.3) is 0 Å². The zero-order valence-electron chi connectivity index (χ0n) is 8.76. The van der Waals surface area contributed by atoms with Crippen LogP contribution in [0.3, 0.4) is 0 Å². The molecule has 13 heavy (non-hydrogen) atoms. The second kappa shape index (κ2) is 6.02. The Hall–Kier alpha value is -0.510. The minimum absolute atomic E-state index is 0.377. The number of hydrogen-bond acceptors (Lipinski definition) is 1. The van der Waals surface area contributed by atoms with E-state index in [1.54, 1.807) is 0 Å². The fourth-order valence-electron chi connectivity index (χ4n) is 2.26. The van der Waals surface area contributed by atoms with Gasteiger partial charge in [-0.25, -0.2) is 0 Å². The summed E-state index contributed by atoms with van der Waals surface area (Å²) in [5.74, 6) is 1.32. The molecule has 0 aliphatic heterocycles. The smallest absolute Gasteiger partial charge is 0.0655 e. The van der Waals surface area contributed by atoms with E-state index in [0.29, 0.717) is 5.92 Å². The molecule has 0 heterocycles. The van der Waals surface area contributed by atoms with Crippen molar-refractivity contribution in [3.63, 3.8) is 0 Å². The molecule has 1 aliphatic carbocycles. The molecule has 1 nitrogen and oxygen atoms in total. The molecule has 0 amide bonds. The van der Waals surface area contributed by atoms with E-state index in [9.17, 15) is 0 Å². The first-order chi connectivity index (χ1) is 6.36. The van der Waals surface area contributed by atoms with Gasteiger partial charge in [0.2, 0.25) is 0 Å². The van der Waals surface area contributed by atoms with E-state index in [1.807, 2.05) is 0 Å². The average Bonchev–Trinajstić information content (AvgIpc) is 2.19. The van der Waals surface area contributed by atoms with Crippen molar-refractivity contribution in [3.8, 4) is 6.07 Å². The van der Waals surface area contributed by atoms with Crippen LogP contribution in [0.2, 0.25) is 0 Å². The van der Waals surface area contributed by atoms with Crippen molar-refractivity contribution in [1.82, 2.24) is 0 Å². The zero-order chi connectivity index (χ0) is 9.52. The highest BCUT2D eigenvalue weighted by Gasteiger charge is 2.19. The molecule has 0 aromatic carbocycles. The van der Waals surface area contributed by atoms with Crippen molar-refractivity contribution in [3.05, 3.63) is 0 Å². The van der Waals surface area contributed by atoms with Crippen molar-refractivity contribution in [2.75, 3.05) is 0 Å². The van der Waals surface area contributed by atoms with Crippen LogP contribution < -0.4 is 0 Å². The topological polar surface area (TPSA) is 23.8 Å². The Morgan fingerprint density at radius 3 is 2.38 bits per heavy atom. The predicted molar refractivity (Wildman–Crippen MR) is 55.2 cm³/mol. The summed E-state index contributed by atoms with van der Waals surface area (Å²) >= 11 is 0. The largest absolute Gasteiger partial charge is 0.198 e. The molecule has 0 atom stereocenters. The van der Waals surface area contributed by atoms with Gasteiger partial charge in [-0.1, -0.05) is 32.6 Å². The minimum atomic E-state index is 0.377. The summed E-state index contributed by atoms with van der Waals surface area (Å²) < 4.78 is 0. The van der Waals surface area contributed by atoms with Gasteiger partial charge in [-0.3, -0.25) is 0 Å². The van der Waals surface area contributed by atoms with Crippen LogP contribution in [-0.2, 0) is 0 Å². The third-order valence-electron chi connectivity index (χ3n) is 3.25. The second-order valence-corrected chi connectivity index (χ2v) is 4.34. The van der Waals surface area contributed by atoms with Crippen molar-refractivity contribution >= 4 is 0 Å². The first kappa shape index (κ1) is 10.6. The minimum Gasteiger partial charge on any atom is -0.198 e. The van der Waals surface area contributed by atoms with Crippen LogP contribution in [0, 0.1) is 23.2 Å². The lowest BCUT2D eigenvalue weighted by atomic mass is 9.80. The van der Waals surface area contributed by atoms with Gasteiger partial charge in [0.05, 0.1) is 6.07 Å². The molecule has 1 saturated carbocycles. The Bertz CT molecular complexity index is 160. The Kier molecular flexibility index (Phi) is 4.90. The highest BCUT2D eigenvalue weighted by Crippen LogP contribution is 2.31. The van der Waals surface area contributed by atoms with E-state index >= 15 is 0 Å². The molecule has 0 aromatic heterocycles. The third-order valence-corrected chi connectivity index (χ3v) is 3.25. The van der Waals surface area contributed by atoms with E-state index in [0.717, 1.165) is 18.8 Å². The molecule has 0 unspecified atom stereocenters. The maximum absolute atomic E-state index is 8.74. The first-order valence-corrected chi connectivity index (χ1v) is 5.76. The lowest BCUT2D eigenvalue weighted by molar-refractivity contribution is 0.293. The van der Waals surface area contributed by atoms with E-state index in [1.165, 1.54) is 38.5 Å². The fourth-order valence-corrected chi connectivity index (χ4v) is 2.26. The molecule has 0 bridgehead atoms. The summed E-state index contributed by atoms with van der Waals surface area (Å²) in [5.41, 5.74) is 0. The number of nitriles is 1. The normalized spacial score (nSPS) is 28.3. The van der Waals surface area contributed by atoms with Gasteiger partial charge in [-0.2, -0.15) is 5.26 Å². The summed E-state index contributed by atoms with van der Waals surface area (Å²) in [6.45, 7) is 2.26. The van der Waals surface area contributed by atoms with Crippen LogP contribution in [0.4, 0.5) is 0 Å². The summed E-state index contributed by atoms with van der Waals surface area (Å²) in [6, 6.07) is 2.39. The lowest BCUT2D eigenvalue weighted by Gasteiger charge is -2.24. The van der Waals surface area contributed by atoms with Gasteiger partial charge < -0.3 is 0 Å². The zero-order valence-corrected chi connectivity index (χ0v) is 8.76. The molecule has 1 fully saturated rings. The molecular weight excluding hydrogens is 158 g/mol. The van der Waals surface area contributed by atoms with Crippen molar-refractivity contribution in [1.29, 1.82) is 5.26 Å². The molecule has 0 aromatic rings. The monoisotopic (exact) mass is 179 g/mol. The van der Waals surface area contributed by atoms with Crippen LogP contribution in [0.5, 0.6) is 0 Å². The lowest BCUT2D eigenvalue weighted by Crippen LogP contribution is -2.13. The summed E-state index contributed by atoms with van der Waals surface area (Å²) in [6.07, 6.45) is 10.5. The Labute approximate surface area is 82.1 Å². The van der Waals surface area contributed by atoms with E-state index in [4.69, 9.17) is 5.26 Å². The highest BCUT2D eigenvalue weighted by molar-refractivity contribution is 4.86. The number of unbranched alkanes of at least 4 members (excludes halogenated alkanes) is 2. The van der Waals surface area contributed by atoms with Crippen LogP contribution in [0.1, 0.15) is 58.3 Å². The van der Waals surface area contributed by atoms with Gasteiger partial charge >= 0.3 is 0 Å². The number of rotatable bonds is 4.